The fourth-order valence-electron chi connectivity index (χ4n) is 2.63. The van der Waals surface area contributed by atoms with Crippen molar-refractivity contribution in [3.05, 3.63) is 21.9 Å². The van der Waals surface area contributed by atoms with Crippen molar-refractivity contribution in [2.45, 2.75) is 38.8 Å². The van der Waals surface area contributed by atoms with E-state index in [1.807, 2.05) is 5.38 Å². The van der Waals surface area contributed by atoms with E-state index in [-0.39, 0.29) is 24.5 Å². The molecule has 2 rings (SSSR count). The SMILES string of the molecule is Cc1ccsc1CN(CCO)C(=O)[C@H]1CC[C@@H](N)C1. The monoisotopic (exact) mass is 282 g/mol. The number of carbonyl (C=O) groups is 1. The van der Waals surface area contributed by atoms with Gasteiger partial charge < -0.3 is 15.7 Å². The Balaban J connectivity index is 2.03. The molecule has 106 valence electrons. The second kappa shape index (κ2) is 6.50. The summed E-state index contributed by atoms with van der Waals surface area (Å²) < 4.78 is 0. The van der Waals surface area contributed by atoms with Gasteiger partial charge in [-0.3, -0.25) is 4.79 Å². The Bertz CT molecular complexity index is 433. The normalized spacial score (nSPS) is 22.7. The van der Waals surface area contributed by atoms with Crippen LogP contribution >= 0.6 is 11.3 Å². The van der Waals surface area contributed by atoms with Crippen LogP contribution in [-0.2, 0) is 11.3 Å². The quantitative estimate of drug-likeness (QED) is 0.860. The van der Waals surface area contributed by atoms with E-state index in [1.165, 1.54) is 10.4 Å². The lowest BCUT2D eigenvalue weighted by Crippen LogP contribution is -2.37. The number of nitrogens with two attached hydrogens (primary N) is 1. The van der Waals surface area contributed by atoms with Crippen molar-refractivity contribution in [1.82, 2.24) is 4.90 Å². The van der Waals surface area contributed by atoms with Crippen molar-refractivity contribution in [3.8, 4) is 0 Å². The molecule has 3 N–H and O–H groups in total. The molecular weight excluding hydrogens is 260 g/mol. The number of hydrogen-bond donors (Lipinski definition) is 2. The first-order valence-corrected chi connectivity index (χ1v) is 7.68. The average Bonchev–Trinajstić information content (AvgIpc) is 2.98. The minimum atomic E-state index is 0.00887. The smallest absolute Gasteiger partial charge is 0.226 e. The molecule has 1 heterocycles. The van der Waals surface area contributed by atoms with Gasteiger partial charge >= 0.3 is 0 Å². The van der Waals surface area contributed by atoms with E-state index in [2.05, 4.69) is 13.0 Å². The third kappa shape index (κ3) is 3.55. The number of amides is 1. The van der Waals surface area contributed by atoms with Crippen LogP contribution in [0.25, 0.3) is 0 Å². The minimum absolute atomic E-state index is 0.00887. The maximum absolute atomic E-state index is 12.5. The van der Waals surface area contributed by atoms with Crippen molar-refractivity contribution in [3.63, 3.8) is 0 Å². The van der Waals surface area contributed by atoms with Gasteiger partial charge in [-0.2, -0.15) is 0 Å². The van der Waals surface area contributed by atoms with Gasteiger partial charge in [0.25, 0.3) is 0 Å². The number of aliphatic hydroxyl groups is 1. The second-order valence-electron chi connectivity index (χ2n) is 5.28. The largest absolute Gasteiger partial charge is 0.395 e. The van der Waals surface area contributed by atoms with Crippen LogP contribution in [0.4, 0.5) is 0 Å². The molecule has 0 bridgehead atoms. The zero-order chi connectivity index (χ0) is 13.8. The van der Waals surface area contributed by atoms with Crippen LogP contribution in [0.3, 0.4) is 0 Å². The van der Waals surface area contributed by atoms with Crippen molar-refractivity contribution < 1.29 is 9.90 Å². The summed E-state index contributed by atoms with van der Waals surface area (Å²) in [5, 5.41) is 11.2. The van der Waals surface area contributed by atoms with Crippen LogP contribution < -0.4 is 5.73 Å². The summed E-state index contributed by atoms with van der Waals surface area (Å²) in [7, 11) is 0. The highest BCUT2D eigenvalue weighted by Gasteiger charge is 2.31. The molecule has 1 fully saturated rings. The Morgan fingerprint density at radius 3 is 2.89 bits per heavy atom. The molecule has 1 aliphatic carbocycles. The zero-order valence-electron chi connectivity index (χ0n) is 11.3. The molecule has 0 radical (unpaired) electrons. The van der Waals surface area contributed by atoms with Crippen LogP contribution in [0, 0.1) is 12.8 Å². The van der Waals surface area contributed by atoms with Crippen molar-refractivity contribution in [1.29, 1.82) is 0 Å². The molecule has 0 saturated heterocycles. The van der Waals surface area contributed by atoms with Gasteiger partial charge in [-0.15, -0.1) is 11.3 Å². The molecule has 0 unspecified atom stereocenters. The predicted octanol–water partition coefficient (Wildman–Crippen LogP) is 1.50. The topological polar surface area (TPSA) is 66.6 Å². The van der Waals surface area contributed by atoms with Gasteiger partial charge in [0.1, 0.15) is 0 Å². The first-order valence-electron chi connectivity index (χ1n) is 6.80. The van der Waals surface area contributed by atoms with Gasteiger partial charge in [0.2, 0.25) is 5.91 Å². The molecular formula is C14H22N2O2S. The second-order valence-corrected chi connectivity index (χ2v) is 6.28. The van der Waals surface area contributed by atoms with Gasteiger partial charge in [-0.05, 0) is 43.2 Å². The van der Waals surface area contributed by atoms with Gasteiger partial charge in [0, 0.05) is 23.4 Å². The zero-order valence-corrected chi connectivity index (χ0v) is 12.2. The van der Waals surface area contributed by atoms with Crippen LogP contribution in [-0.4, -0.2) is 35.1 Å². The first kappa shape index (κ1) is 14.5. The fourth-order valence-corrected chi connectivity index (χ4v) is 3.55. The average molecular weight is 282 g/mol. The van der Waals surface area contributed by atoms with Crippen LogP contribution in [0.15, 0.2) is 11.4 Å². The van der Waals surface area contributed by atoms with Crippen LogP contribution in [0.5, 0.6) is 0 Å². The van der Waals surface area contributed by atoms with Crippen molar-refractivity contribution >= 4 is 17.2 Å². The molecule has 19 heavy (non-hydrogen) atoms. The molecule has 1 aromatic rings. The minimum Gasteiger partial charge on any atom is -0.395 e. The van der Waals surface area contributed by atoms with Gasteiger partial charge in [-0.25, -0.2) is 0 Å². The van der Waals surface area contributed by atoms with Crippen LogP contribution in [0.2, 0.25) is 0 Å². The van der Waals surface area contributed by atoms with Crippen molar-refractivity contribution in [2.24, 2.45) is 11.7 Å². The molecule has 5 heteroatoms. The van der Waals surface area contributed by atoms with Gasteiger partial charge in [-0.1, -0.05) is 0 Å². The molecule has 1 amide bonds. The number of aryl methyl sites for hydroxylation is 1. The van der Waals surface area contributed by atoms with E-state index in [0.29, 0.717) is 13.1 Å². The summed E-state index contributed by atoms with van der Waals surface area (Å²) in [6, 6.07) is 2.22. The Labute approximate surface area is 118 Å². The first-order chi connectivity index (χ1) is 9.11. The lowest BCUT2D eigenvalue weighted by atomic mass is 10.1. The van der Waals surface area contributed by atoms with E-state index >= 15 is 0 Å². The maximum Gasteiger partial charge on any atom is 0.226 e. The lowest BCUT2D eigenvalue weighted by Gasteiger charge is -2.25. The summed E-state index contributed by atoms with van der Waals surface area (Å²) in [4.78, 5) is 15.5. The third-order valence-corrected chi connectivity index (χ3v) is 4.81. The van der Waals surface area contributed by atoms with Gasteiger partial charge in [0.15, 0.2) is 0 Å². The van der Waals surface area contributed by atoms with E-state index in [1.54, 1.807) is 16.2 Å². The molecule has 0 spiro atoms. The molecule has 1 aromatic heterocycles. The highest BCUT2D eigenvalue weighted by Crippen LogP contribution is 2.27. The number of nitrogens with zero attached hydrogens (tertiary/aromatic N) is 1. The molecule has 1 aliphatic rings. The van der Waals surface area contributed by atoms with E-state index in [4.69, 9.17) is 10.8 Å². The maximum atomic E-state index is 12.5. The van der Waals surface area contributed by atoms with E-state index < -0.39 is 0 Å². The molecule has 0 aliphatic heterocycles. The Morgan fingerprint density at radius 2 is 2.37 bits per heavy atom. The van der Waals surface area contributed by atoms with Gasteiger partial charge in [0.05, 0.1) is 13.2 Å². The Hall–Kier alpha value is -0.910. The lowest BCUT2D eigenvalue weighted by molar-refractivity contribution is -0.136. The summed E-state index contributed by atoms with van der Waals surface area (Å²) in [6.45, 7) is 3.07. The fraction of sp³-hybridized carbons (Fsp3) is 0.643. The summed E-state index contributed by atoms with van der Waals surface area (Å²) in [6.07, 6.45) is 2.59. The molecule has 4 nitrogen and oxygen atoms in total. The number of aliphatic hydroxyl groups excluding tert-OH is 1. The number of rotatable bonds is 5. The highest BCUT2D eigenvalue weighted by molar-refractivity contribution is 7.10. The summed E-state index contributed by atoms with van der Waals surface area (Å²) in [5.41, 5.74) is 7.09. The Kier molecular flexibility index (Phi) is 4.96. The van der Waals surface area contributed by atoms with Crippen molar-refractivity contribution in [2.75, 3.05) is 13.2 Å². The Morgan fingerprint density at radius 1 is 1.58 bits per heavy atom. The van der Waals surface area contributed by atoms with E-state index in [9.17, 15) is 4.79 Å². The van der Waals surface area contributed by atoms with E-state index in [0.717, 1.165) is 19.3 Å². The number of hydrogen-bond acceptors (Lipinski definition) is 4. The summed E-state index contributed by atoms with van der Waals surface area (Å²) >= 11 is 1.66. The summed E-state index contributed by atoms with van der Waals surface area (Å²) in [5.74, 6) is 0.191. The number of thiophene rings is 1. The highest BCUT2D eigenvalue weighted by atomic mass is 32.1. The molecule has 0 aromatic carbocycles. The third-order valence-electron chi connectivity index (χ3n) is 3.81. The number of carbonyl (C=O) groups excluding carboxylic acids is 1. The predicted molar refractivity (Wildman–Crippen MR) is 76.9 cm³/mol. The standard InChI is InChI=1S/C14H22N2O2S/c1-10-4-7-19-13(10)9-16(5-6-17)14(18)11-2-3-12(15)8-11/h4,7,11-12,17H,2-3,5-6,8-9,15H2,1H3/t11-,12+/m0/s1. The molecule has 1 saturated carbocycles. The molecule has 2 atom stereocenters. The van der Waals surface area contributed by atoms with Crippen LogP contribution in [0.1, 0.15) is 29.7 Å².